The van der Waals surface area contributed by atoms with Gasteiger partial charge in [0, 0.05) is 43.7 Å². The monoisotopic (exact) mass is 348 g/mol. The van der Waals surface area contributed by atoms with Crippen molar-refractivity contribution in [3.8, 4) is 0 Å². The van der Waals surface area contributed by atoms with E-state index in [1.807, 2.05) is 25.2 Å². The van der Waals surface area contributed by atoms with Crippen LogP contribution in [0.4, 0.5) is 5.88 Å². The summed E-state index contributed by atoms with van der Waals surface area (Å²) in [6.45, 7) is 8.70. The van der Waals surface area contributed by atoms with Gasteiger partial charge in [0.2, 0.25) is 11.8 Å². The molecule has 1 fully saturated rings. The molecule has 2 aromatic heterocycles. The van der Waals surface area contributed by atoms with Crippen molar-refractivity contribution in [1.29, 1.82) is 0 Å². The summed E-state index contributed by atoms with van der Waals surface area (Å²) in [5.74, 6) is 0.372. The Morgan fingerprint density at radius 1 is 1.42 bits per heavy atom. The van der Waals surface area contributed by atoms with Crippen LogP contribution in [0.15, 0.2) is 28.1 Å². The standard InChI is InChI=1S/C17H24N4O2S/c1-13-12-16(23-19-13)18-17(22)14(2)21-9-7-20(8-10-21)6-5-15-4-3-11-24-15/h3-4,11-12,14H,5-10H2,1-2H3,(H,18,22). The van der Waals surface area contributed by atoms with Gasteiger partial charge in [-0.05, 0) is 31.7 Å². The summed E-state index contributed by atoms with van der Waals surface area (Å²) in [5, 5.41) is 8.71. The quantitative estimate of drug-likeness (QED) is 0.867. The summed E-state index contributed by atoms with van der Waals surface area (Å²) in [5.41, 5.74) is 0.761. The predicted molar refractivity (Wildman–Crippen MR) is 95.4 cm³/mol. The number of aromatic nitrogens is 1. The van der Waals surface area contributed by atoms with Crippen molar-refractivity contribution < 1.29 is 9.32 Å². The van der Waals surface area contributed by atoms with Crippen LogP contribution < -0.4 is 5.32 Å². The molecule has 1 aliphatic heterocycles. The molecule has 6 nitrogen and oxygen atoms in total. The Labute approximate surface area is 146 Å². The van der Waals surface area contributed by atoms with E-state index >= 15 is 0 Å². The van der Waals surface area contributed by atoms with Crippen molar-refractivity contribution in [3.63, 3.8) is 0 Å². The van der Waals surface area contributed by atoms with Crippen LogP contribution in [-0.2, 0) is 11.2 Å². The lowest BCUT2D eigenvalue weighted by Crippen LogP contribution is -2.53. The van der Waals surface area contributed by atoms with Gasteiger partial charge in [-0.2, -0.15) is 0 Å². The zero-order valence-electron chi connectivity index (χ0n) is 14.2. The van der Waals surface area contributed by atoms with Crippen LogP contribution in [0, 0.1) is 6.92 Å². The third-order valence-electron chi connectivity index (χ3n) is 4.46. The first-order valence-corrected chi connectivity index (χ1v) is 9.23. The maximum absolute atomic E-state index is 12.3. The maximum Gasteiger partial charge on any atom is 0.243 e. The second-order valence-corrected chi connectivity index (χ2v) is 7.24. The molecule has 3 heterocycles. The summed E-state index contributed by atoms with van der Waals surface area (Å²) in [6.07, 6.45) is 1.11. The first-order chi connectivity index (χ1) is 11.6. The van der Waals surface area contributed by atoms with Crippen LogP contribution in [0.1, 0.15) is 17.5 Å². The van der Waals surface area contributed by atoms with E-state index in [2.05, 4.69) is 37.8 Å². The van der Waals surface area contributed by atoms with Gasteiger partial charge in [0.1, 0.15) is 0 Å². The number of nitrogens with one attached hydrogen (secondary N) is 1. The molecular formula is C17H24N4O2S. The molecule has 7 heteroatoms. The molecule has 1 saturated heterocycles. The largest absolute Gasteiger partial charge is 0.338 e. The maximum atomic E-state index is 12.3. The molecule has 1 unspecified atom stereocenters. The number of carbonyl (C=O) groups is 1. The molecular weight excluding hydrogens is 324 g/mol. The van der Waals surface area contributed by atoms with Gasteiger partial charge in [0.05, 0.1) is 11.7 Å². The number of amides is 1. The van der Waals surface area contributed by atoms with Crippen molar-refractivity contribution in [1.82, 2.24) is 15.0 Å². The minimum atomic E-state index is -0.171. The van der Waals surface area contributed by atoms with Crippen molar-refractivity contribution in [2.75, 3.05) is 38.0 Å². The molecule has 0 radical (unpaired) electrons. The number of thiophene rings is 1. The summed E-state index contributed by atoms with van der Waals surface area (Å²) in [4.78, 5) is 18.5. The van der Waals surface area contributed by atoms with Crippen LogP contribution >= 0.6 is 11.3 Å². The zero-order chi connectivity index (χ0) is 16.9. The fourth-order valence-electron chi connectivity index (χ4n) is 2.91. The lowest BCUT2D eigenvalue weighted by Gasteiger charge is -2.37. The normalized spacial score (nSPS) is 17.8. The van der Waals surface area contributed by atoms with E-state index in [4.69, 9.17) is 4.52 Å². The smallest absolute Gasteiger partial charge is 0.243 e. The highest BCUT2D eigenvalue weighted by molar-refractivity contribution is 7.09. The molecule has 3 rings (SSSR count). The Bertz CT molecular complexity index is 647. The molecule has 0 spiro atoms. The van der Waals surface area contributed by atoms with Gasteiger partial charge in [-0.3, -0.25) is 15.0 Å². The summed E-state index contributed by atoms with van der Waals surface area (Å²) >= 11 is 1.82. The second kappa shape index (κ2) is 7.92. The Kier molecular flexibility index (Phi) is 5.65. The fourth-order valence-corrected chi connectivity index (χ4v) is 3.61. The van der Waals surface area contributed by atoms with Crippen molar-refractivity contribution in [2.24, 2.45) is 0 Å². The molecule has 130 valence electrons. The molecule has 1 N–H and O–H groups in total. The van der Waals surface area contributed by atoms with E-state index in [1.165, 1.54) is 4.88 Å². The number of hydrogen-bond donors (Lipinski definition) is 1. The van der Waals surface area contributed by atoms with Gasteiger partial charge < -0.3 is 9.42 Å². The van der Waals surface area contributed by atoms with Gasteiger partial charge in [-0.1, -0.05) is 11.2 Å². The first kappa shape index (κ1) is 17.1. The lowest BCUT2D eigenvalue weighted by atomic mass is 10.2. The van der Waals surface area contributed by atoms with Gasteiger partial charge >= 0.3 is 0 Å². The highest BCUT2D eigenvalue weighted by atomic mass is 32.1. The highest BCUT2D eigenvalue weighted by Gasteiger charge is 2.26. The predicted octanol–water partition coefficient (Wildman–Crippen LogP) is 2.23. The van der Waals surface area contributed by atoms with Gasteiger partial charge in [-0.15, -0.1) is 11.3 Å². The number of anilines is 1. The van der Waals surface area contributed by atoms with E-state index in [0.29, 0.717) is 5.88 Å². The van der Waals surface area contributed by atoms with E-state index in [9.17, 15) is 4.79 Å². The SMILES string of the molecule is Cc1cc(NC(=O)C(C)N2CCN(CCc3cccs3)CC2)on1. The van der Waals surface area contributed by atoms with E-state index in [0.717, 1.165) is 44.8 Å². The number of aryl methyl sites for hydroxylation is 1. The first-order valence-electron chi connectivity index (χ1n) is 8.35. The van der Waals surface area contributed by atoms with Crippen LogP contribution in [-0.4, -0.2) is 59.6 Å². The average Bonchev–Trinajstić information content (AvgIpc) is 3.24. The molecule has 0 saturated carbocycles. The summed E-state index contributed by atoms with van der Waals surface area (Å²) in [7, 11) is 0. The molecule has 1 atom stereocenters. The van der Waals surface area contributed by atoms with Gasteiger partial charge in [0.15, 0.2) is 0 Å². The number of nitrogens with zero attached hydrogens (tertiary/aromatic N) is 3. The number of piperazine rings is 1. The molecule has 1 amide bonds. The molecule has 1 aliphatic rings. The fraction of sp³-hybridized carbons (Fsp3) is 0.529. The summed E-state index contributed by atoms with van der Waals surface area (Å²) in [6, 6.07) is 5.86. The third-order valence-corrected chi connectivity index (χ3v) is 5.40. The Morgan fingerprint density at radius 3 is 2.83 bits per heavy atom. The number of hydrogen-bond acceptors (Lipinski definition) is 6. The molecule has 0 aromatic carbocycles. The van der Waals surface area contributed by atoms with Crippen molar-refractivity contribution in [3.05, 3.63) is 34.2 Å². The van der Waals surface area contributed by atoms with Gasteiger partial charge in [-0.25, -0.2) is 0 Å². The van der Waals surface area contributed by atoms with Crippen molar-refractivity contribution >= 4 is 23.1 Å². The Morgan fingerprint density at radius 2 is 2.21 bits per heavy atom. The Hall–Kier alpha value is -1.70. The zero-order valence-corrected chi connectivity index (χ0v) is 15.0. The van der Waals surface area contributed by atoms with E-state index in [1.54, 1.807) is 6.07 Å². The highest BCUT2D eigenvalue weighted by Crippen LogP contribution is 2.13. The topological polar surface area (TPSA) is 61.6 Å². The third kappa shape index (κ3) is 4.43. The van der Waals surface area contributed by atoms with Crippen LogP contribution in [0.5, 0.6) is 0 Å². The van der Waals surface area contributed by atoms with Crippen LogP contribution in [0.3, 0.4) is 0 Å². The number of rotatable bonds is 6. The van der Waals surface area contributed by atoms with E-state index < -0.39 is 0 Å². The van der Waals surface area contributed by atoms with Gasteiger partial charge in [0.25, 0.3) is 0 Å². The summed E-state index contributed by atoms with van der Waals surface area (Å²) < 4.78 is 5.05. The second-order valence-electron chi connectivity index (χ2n) is 6.20. The minimum absolute atomic E-state index is 0.0433. The van der Waals surface area contributed by atoms with Crippen LogP contribution in [0.25, 0.3) is 0 Å². The van der Waals surface area contributed by atoms with Crippen molar-refractivity contribution in [2.45, 2.75) is 26.3 Å². The molecule has 24 heavy (non-hydrogen) atoms. The van der Waals surface area contributed by atoms with Crippen LogP contribution in [0.2, 0.25) is 0 Å². The lowest BCUT2D eigenvalue weighted by molar-refractivity contribution is -0.121. The number of carbonyl (C=O) groups excluding carboxylic acids is 1. The van der Waals surface area contributed by atoms with E-state index in [-0.39, 0.29) is 11.9 Å². The molecule has 2 aromatic rings. The average molecular weight is 348 g/mol. The molecule has 0 bridgehead atoms. The Balaban J connectivity index is 1.42. The molecule has 0 aliphatic carbocycles. The minimum Gasteiger partial charge on any atom is -0.338 e.